The SMILES string of the molecule is CS(=O)c1nncc(-c2ccc(-c3ccc(Cl)cc3Cl)cc2)n1. The quantitative estimate of drug-likeness (QED) is 0.697. The van der Waals surface area contributed by atoms with Gasteiger partial charge in [0.05, 0.1) is 22.7 Å². The molecule has 1 unspecified atom stereocenters. The van der Waals surface area contributed by atoms with Gasteiger partial charge in [-0.1, -0.05) is 53.5 Å². The molecule has 23 heavy (non-hydrogen) atoms. The predicted octanol–water partition coefficient (Wildman–Crippen LogP) is 4.25. The average molecular weight is 364 g/mol. The lowest BCUT2D eigenvalue weighted by atomic mass is 10.0. The van der Waals surface area contributed by atoms with Gasteiger partial charge in [0, 0.05) is 27.4 Å². The smallest absolute Gasteiger partial charge is 0.239 e. The van der Waals surface area contributed by atoms with Crippen molar-refractivity contribution in [3.63, 3.8) is 0 Å². The van der Waals surface area contributed by atoms with Gasteiger partial charge in [-0.05, 0) is 17.7 Å². The van der Waals surface area contributed by atoms with Crippen molar-refractivity contribution in [3.8, 4) is 22.4 Å². The van der Waals surface area contributed by atoms with Crippen LogP contribution in [0.4, 0.5) is 0 Å². The molecule has 0 N–H and O–H groups in total. The Morgan fingerprint density at radius 3 is 2.35 bits per heavy atom. The fraction of sp³-hybridized carbons (Fsp3) is 0.0625. The van der Waals surface area contributed by atoms with Gasteiger partial charge in [-0.25, -0.2) is 4.98 Å². The number of hydrogen-bond donors (Lipinski definition) is 0. The van der Waals surface area contributed by atoms with E-state index in [4.69, 9.17) is 23.2 Å². The summed E-state index contributed by atoms with van der Waals surface area (Å²) in [7, 11) is -1.27. The molecule has 0 aliphatic rings. The Hall–Kier alpha value is -1.82. The van der Waals surface area contributed by atoms with E-state index < -0.39 is 10.8 Å². The van der Waals surface area contributed by atoms with Crippen LogP contribution in [0.25, 0.3) is 22.4 Å². The van der Waals surface area contributed by atoms with E-state index in [1.807, 2.05) is 30.3 Å². The minimum Gasteiger partial charge on any atom is -0.251 e. The van der Waals surface area contributed by atoms with Crippen molar-refractivity contribution in [3.05, 3.63) is 58.7 Å². The Morgan fingerprint density at radius 1 is 1.00 bits per heavy atom. The Kier molecular flexibility index (Phi) is 4.71. The second-order valence-corrected chi connectivity index (χ2v) is 6.90. The number of hydrogen-bond acceptors (Lipinski definition) is 4. The molecule has 7 heteroatoms. The van der Waals surface area contributed by atoms with Crippen molar-refractivity contribution in [2.45, 2.75) is 5.16 Å². The van der Waals surface area contributed by atoms with Crippen LogP contribution >= 0.6 is 23.2 Å². The summed E-state index contributed by atoms with van der Waals surface area (Å²) in [6.07, 6.45) is 3.06. The molecular formula is C16H11Cl2N3OS. The lowest BCUT2D eigenvalue weighted by molar-refractivity contribution is 0.675. The standard InChI is InChI=1S/C16H11Cl2N3OS/c1-23(22)16-20-15(9-19-21-16)11-4-2-10(3-5-11)13-7-6-12(17)8-14(13)18/h2-9H,1H3. The Labute approximate surface area is 146 Å². The first-order valence-corrected chi connectivity index (χ1v) is 8.95. The molecule has 0 radical (unpaired) electrons. The third-order valence-corrected chi connectivity index (χ3v) is 4.45. The molecule has 0 aliphatic carbocycles. The summed E-state index contributed by atoms with van der Waals surface area (Å²) >= 11 is 12.1. The fourth-order valence-corrected chi connectivity index (χ4v) is 3.00. The first kappa shape index (κ1) is 16.1. The molecule has 1 atom stereocenters. The molecule has 4 nitrogen and oxygen atoms in total. The van der Waals surface area contributed by atoms with Crippen molar-refractivity contribution in [1.82, 2.24) is 15.2 Å². The molecule has 3 aromatic rings. The van der Waals surface area contributed by atoms with Gasteiger partial charge in [-0.3, -0.25) is 4.21 Å². The summed E-state index contributed by atoms with van der Waals surface area (Å²) in [5.41, 5.74) is 3.36. The molecule has 0 spiro atoms. The van der Waals surface area contributed by atoms with Crippen LogP contribution in [0.3, 0.4) is 0 Å². The molecule has 1 aromatic heterocycles. The Bertz CT molecular complexity index is 885. The maximum absolute atomic E-state index is 11.5. The van der Waals surface area contributed by atoms with Crippen molar-refractivity contribution >= 4 is 34.0 Å². The van der Waals surface area contributed by atoms with Crippen molar-refractivity contribution in [2.75, 3.05) is 6.26 Å². The van der Waals surface area contributed by atoms with Crippen LogP contribution in [-0.4, -0.2) is 25.6 Å². The third-order valence-electron chi connectivity index (χ3n) is 3.22. The highest BCUT2D eigenvalue weighted by molar-refractivity contribution is 7.84. The van der Waals surface area contributed by atoms with Gasteiger partial charge in [0.1, 0.15) is 0 Å². The Morgan fingerprint density at radius 2 is 1.70 bits per heavy atom. The predicted molar refractivity (Wildman–Crippen MR) is 93.1 cm³/mol. The van der Waals surface area contributed by atoms with Crippen molar-refractivity contribution < 1.29 is 4.21 Å². The number of nitrogens with zero attached hydrogens (tertiary/aromatic N) is 3. The average Bonchev–Trinajstić information content (AvgIpc) is 2.55. The summed E-state index contributed by atoms with van der Waals surface area (Å²) in [6, 6.07) is 13.1. The molecule has 0 fully saturated rings. The highest BCUT2D eigenvalue weighted by Gasteiger charge is 2.08. The van der Waals surface area contributed by atoms with E-state index in [9.17, 15) is 4.21 Å². The zero-order valence-electron chi connectivity index (χ0n) is 12.0. The number of rotatable bonds is 3. The molecule has 3 rings (SSSR count). The monoisotopic (exact) mass is 363 g/mol. The molecule has 0 amide bonds. The van der Waals surface area contributed by atoms with Crippen molar-refractivity contribution in [1.29, 1.82) is 0 Å². The summed E-state index contributed by atoms with van der Waals surface area (Å²) in [5, 5.41) is 9.01. The van der Waals surface area contributed by atoms with E-state index in [2.05, 4.69) is 15.2 Å². The molecule has 1 heterocycles. The largest absolute Gasteiger partial charge is 0.251 e. The van der Waals surface area contributed by atoms with Crippen LogP contribution in [0.5, 0.6) is 0 Å². The molecule has 0 saturated carbocycles. The van der Waals surface area contributed by atoms with Crippen molar-refractivity contribution in [2.24, 2.45) is 0 Å². The second-order valence-electron chi connectivity index (χ2n) is 4.78. The molecule has 116 valence electrons. The van der Waals surface area contributed by atoms with Gasteiger partial charge < -0.3 is 0 Å². The lowest BCUT2D eigenvalue weighted by Gasteiger charge is -2.07. The first-order valence-electron chi connectivity index (χ1n) is 6.63. The zero-order chi connectivity index (χ0) is 16.4. The molecule has 2 aromatic carbocycles. The summed E-state index contributed by atoms with van der Waals surface area (Å²) in [6.45, 7) is 0. The number of halogens is 2. The van der Waals surface area contributed by atoms with E-state index in [0.29, 0.717) is 15.7 Å². The van der Waals surface area contributed by atoms with E-state index in [-0.39, 0.29) is 5.16 Å². The third kappa shape index (κ3) is 3.58. The van der Waals surface area contributed by atoms with Gasteiger partial charge in [-0.2, -0.15) is 5.10 Å². The van der Waals surface area contributed by atoms with Gasteiger partial charge >= 0.3 is 0 Å². The normalized spacial score (nSPS) is 12.1. The van der Waals surface area contributed by atoms with Gasteiger partial charge in [0.2, 0.25) is 5.16 Å². The number of benzene rings is 2. The highest BCUT2D eigenvalue weighted by atomic mass is 35.5. The summed E-state index contributed by atoms with van der Waals surface area (Å²) in [5.74, 6) is 0. The maximum Gasteiger partial charge on any atom is 0.239 e. The van der Waals surface area contributed by atoms with Gasteiger partial charge in [0.15, 0.2) is 0 Å². The molecule has 0 bridgehead atoms. The minimum absolute atomic E-state index is 0.215. The van der Waals surface area contributed by atoms with Crippen LogP contribution in [0.1, 0.15) is 0 Å². The Balaban J connectivity index is 1.96. The topological polar surface area (TPSA) is 55.7 Å². The summed E-state index contributed by atoms with van der Waals surface area (Å²) in [4.78, 5) is 4.26. The maximum atomic E-state index is 11.5. The lowest BCUT2D eigenvalue weighted by Crippen LogP contribution is -2.00. The van der Waals surface area contributed by atoms with Crippen LogP contribution in [0, 0.1) is 0 Å². The molecular weight excluding hydrogens is 353 g/mol. The highest BCUT2D eigenvalue weighted by Crippen LogP contribution is 2.31. The van der Waals surface area contributed by atoms with E-state index in [0.717, 1.165) is 16.7 Å². The fourth-order valence-electron chi connectivity index (χ4n) is 2.09. The van der Waals surface area contributed by atoms with Crippen LogP contribution in [-0.2, 0) is 10.8 Å². The van der Waals surface area contributed by atoms with E-state index in [1.54, 1.807) is 18.3 Å². The minimum atomic E-state index is -1.27. The van der Waals surface area contributed by atoms with Gasteiger partial charge in [0.25, 0.3) is 0 Å². The van der Waals surface area contributed by atoms with Gasteiger partial charge in [-0.15, -0.1) is 5.10 Å². The second kappa shape index (κ2) is 6.74. The van der Waals surface area contributed by atoms with Crippen LogP contribution in [0.2, 0.25) is 10.0 Å². The number of aromatic nitrogens is 3. The van der Waals surface area contributed by atoms with E-state index in [1.165, 1.54) is 6.26 Å². The zero-order valence-corrected chi connectivity index (χ0v) is 14.4. The summed E-state index contributed by atoms with van der Waals surface area (Å²) < 4.78 is 11.5. The first-order chi connectivity index (χ1) is 11.0. The van der Waals surface area contributed by atoms with Crippen LogP contribution in [0.15, 0.2) is 53.8 Å². The van der Waals surface area contributed by atoms with E-state index >= 15 is 0 Å². The van der Waals surface area contributed by atoms with Crippen LogP contribution < -0.4 is 0 Å². The molecule has 0 saturated heterocycles. The molecule has 0 aliphatic heterocycles.